The highest BCUT2D eigenvalue weighted by Crippen LogP contribution is 2.19. The van der Waals surface area contributed by atoms with E-state index in [-0.39, 0.29) is 5.91 Å². The van der Waals surface area contributed by atoms with Gasteiger partial charge in [0.05, 0.1) is 11.7 Å². The number of hydrogen-bond acceptors (Lipinski definition) is 4. The van der Waals surface area contributed by atoms with Crippen LogP contribution in [0.15, 0.2) is 35.1 Å². The Hall–Kier alpha value is -2.63. The number of aromatic nitrogens is 2. The van der Waals surface area contributed by atoms with Crippen molar-refractivity contribution in [3.05, 3.63) is 35.7 Å². The van der Waals surface area contributed by atoms with Crippen molar-refractivity contribution >= 4 is 28.8 Å². The van der Waals surface area contributed by atoms with E-state index in [0.717, 1.165) is 29.3 Å². The lowest BCUT2D eigenvalue weighted by Crippen LogP contribution is -2.43. The Morgan fingerprint density at radius 1 is 1.22 bits per heavy atom. The number of rotatable bonds is 2. The normalized spacial score (nSPS) is 20.8. The summed E-state index contributed by atoms with van der Waals surface area (Å²) in [6.07, 6.45) is 9.65. The summed E-state index contributed by atoms with van der Waals surface area (Å²) in [5.41, 5.74) is 2.35. The van der Waals surface area contributed by atoms with Gasteiger partial charge in [-0.15, -0.1) is 0 Å². The summed E-state index contributed by atoms with van der Waals surface area (Å²) in [5, 5.41) is 14.1. The van der Waals surface area contributed by atoms with Gasteiger partial charge < -0.3 is 5.32 Å². The number of nitrogens with zero attached hydrogens (tertiary/aromatic N) is 2. The van der Waals surface area contributed by atoms with E-state index in [1.165, 1.54) is 19.3 Å². The van der Waals surface area contributed by atoms with Crippen LogP contribution in [0.3, 0.4) is 0 Å². The predicted molar refractivity (Wildman–Crippen MR) is 89.7 cm³/mol. The Labute approximate surface area is 134 Å². The molecule has 4 rings (SSSR count). The number of amides is 1. The van der Waals surface area contributed by atoms with E-state index in [1.807, 2.05) is 18.2 Å². The molecule has 6 heteroatoms. The third-order valence-electron chi connectivity index (χ3n) is 4.41. The molecule has 0 unspecified atom stereocenters. The van der Waals surface area contributed by atoms with Crippen molar-refractivity contribution in [1.29, 1.82) is 0 Å². The summed E-state index contributed by atoms with van der Waals surface area (Å²) in [7, 11) is 0. The van der Waals surface area contributed by atoms with Gasteiger partial charge in [0.15, 0.2) is 0 Å². The van der Waals surface area contributed by atoms with Crippen LogP contribution in [-0.4, -0.2) is 28.1 Å². The van der Waals surface area contributed by atoms with Crippen LogP contribution in [0, 0.1) is 0 Å². The SMILES string of the molecule is O=C1NC(NC2CCCCC2)=N/C1=C\c1ccc2[nH]ncc2c1. The number of carbonyl (C=O) groups is 1. The summed E-state index contributed by atoms with van der Waals surface area (Å²) < 4.78 is 0. The number of guanidine groups is 1. The van der Waals surface area contributed by atoms with E-state index in [2.05, 4.69) is 25.8 Å². The van der Waals surface area contributed by atoms with E-state index in [0.29, 0.717) is 17.7 Å². The second-order valence-corrected chi connectivity index (χ2v) is 6.14. The zero-order chi connectivity index (χ0) is 15.6. The molecule has 0 bridgehead atoms. The second kappa shape index (κ2) is 5.87. The number of H-pyrrole nitrogens is 1. The summed E-state index contributed by atoms with van der Waals surface area (Å²) >= 11 is 0. The van der Waals surface area contributed by atoms with Crippen LogP contribution in [-0.2, 0) is 4.79 Å². The molecule has 1 aromatic heterocycles. The van der Waals surface area contributed by atoms with Gasteiger partial charge in [0.2, 0.25) is 5.96 Å². The molecule has 0 saturated heterocycles. The second-order valence-electron chi connectivity index (χ2n) is 6.14. The first kappa shape index (κ1) is 14.0. The maximum Gasteiger partial charge on any atom is 0.276 e. The maximum atomic E-state index is 12.1. The van der Waals surface area contributed by atoms with Gasteiger partial charge in [-0.05, 0) is 36.6 Å². The average molecular weight is 309 g/mol. The molecule has 2 aliphatic rings. The molecule has 118 valence electrons. The number of aromatic amines is 1. The minimum Gasteiger partial charge on any atom is -0.353 e. The quantitative estimate of drug-likeness (QED) is 0.745. The molecule has 1 amide bonds. The van der Waals surface area contributed by atoms with Gasteiger partial charge in [-0.25, -0.2) is 4.99 Å². The molecule has 1 fully saturated rings. The summed E-state index contributed by atoms with van der Waals surface area (Å²) in [6, 6.07) is 6.31. The van der Waals surface area contributed by atoms with E-state index < -0.39 is 0 Å². The zero-order valence-electron chi connectivity index (χ0n) is 12.8. The van der Waals surface area contributed by atoms with Gasteiger partial charge in [-0.3, -0.25) is 15.2 Å². The lowest BCUT2D eigenvalue weighted by molar-refractivity contribution is -0.115. The monoisotopic (exact) mass is 309 g/mol. The highest BCUT2D eigenvalue weighted by molar-refractivity contribution is 6.13. The predicted octanol–water partition coefficient (Wildman–Crippen LogP) is 2.31. The zero-order valence-corrected chi connectivity index (χ0v) is 12.8. The first-order valence-corrected chi connectivity index (χ1v) is 8.09. The van der Waals surface area contributed by atoms with Crippen molar-refractivity contribution in [1.82, 2.24) is 20.8 Å². The minimum atomic E-state index is -0.157. The Morgan fingerprint density at radius 3 is 2.96 bits per heavy atom. The largest absolute Gasteiger partial charge is 0.353 e. The Morgan fingerprint density at radius 2 is 2.09 bits per heavy atom. The topological polar surface area (TPSA) is 82.2 Å². The standard InChI is InChI=1S/C17H19N5O/c23-16-15(9-11-6-7-14-12(8-11)10-18-22-14)20-17(21-16)19-13-4-2-1-3-5-13/h6-10,13H,1-5H2,(H,18,22)(H2,19,20,21,23)/b15-9-. The first-order valence-electron chi connectivity index (χ1n) is 8.09. The molecule has 2 aromatic rings. The van der Waals surface area contributed by atoms with Crippen LogP contribution in [0.4, 0.5) is 0 Å². The molecular formula is C17H19N5O. The number of benzene rings is 1. The van der Waals surface area contributed by atoms with Gasteiger partial charge in [-0.2, -0.15) is 5.10 Å². The fraction of sp³-hybridized carbons (Fsp3) is 0.353. The van der Waals surface area contributed by atoms with E-state index in [4.69, 9.17) is 0 Å². The molecule has 23 heavy (non-hydrogen) atoms. The smallest absolute Gasteiger partial charge is 0.276 e. The van der Waals surface area contributed by atoms with Crippen LogP contribution in [0.2, 0.25) is 0 Å². The van der Waals surface area contributed by atoms with Gasteiger partial charge >= 0.3 is 0 Å². The van der Waals surface area contributed by atoms with Crippen molar-refractivity contribution in [3.63, 3.8) is 0 Å². The van der Waals surface area contributed by atoms with Crippen molar-refractivity contribution in [2.24, 2.45) is 4.99 Å². The van der Waals surface area contributed by atoms with Crippen LogP contribution in [0.1, 0.15) is 37.7 Å². The molecule has 6 nitrogen and oxygen atoms in total. The van der Waals surface area contributed by atoms with Crippen molar-refractivity contribution in [2.75, 3.05) is 0 Å². The first-order chi connectivity index (χ1) is 11.3. The van der Waals surface area contributed by atoms with Crippen LogP contribution in [0.25, 0.3) is 17.0 Å². The summed E-state index contributed by atoms with van der Waals surface area (Å²) in [4.78, 5) is 16.5. The Kier molecular flexibility index (Phi) is 3.57. The average Bonchev–Trinajstić information content (AvgIpc) is 3.15. The maximum absolute atomic E-state index is 12.1. The third kappa shape index (κ3) is 2.97. The number of fused-ring (bicyclic) bond motifs is 1. The minimum absolute atomic E-state index is 0.157. The van der Waals surface area contributed by atoms with E-state index in [1.54, 1.807) is 12.3 Å². The molecule has 1 saturated carbocycles. The fourth-order valence-electron chi connectivity index (χ4n) is 3.19. The molecule has 1 aliphatic carbocycles. The van der Waals surface area contributed by atoms with Crippen LogP contribution < -0.4 is 10.6 Å². The molecule has 2 heterocycles. The molecule has 1 aromatic carbocycles. The summed E-state index contributed by atoms with van der Waals surface area (Å²) in [6.45, 7) is 0. The van der Waals surface area contributed by atoms with Gasteiger partial charge in [0.25, 0.3) is 5.91 Å². The van der Waals surface area contributed by atoms with Gasteiger partial charge in [0, 0.05) is 11.4 Å². The van der Waals surface area contributed by atoms with Gasteiger partial charge in [-0.1, -0.05) is 25.3 Å². The van der Waals surface area contributed by atoms with Crippen molar-refractivity contribution in [2.45, 2.75) is 38.1 Å². The molecule has 1 aliphatic heterocycles. The van der Waals surface area contributed by atoms with Crippen molar-refractivity contribution < 1.29 is 4.79 Å². The Balaban J connectivity index is 1.53. The number of carbonyl (C=O) groups excluding carboxylic acids is 1. The number of aliphatic imine (C=N–C) groups is 1. The fourth-order valence-corrected chi connectivity index (χ4v) is 3.19. The van der Waals surface area contributed by atoms with Crippen LogP contribution >= 0.6 is 0 Å². The summed E-state index contributed by atoms with van der Waals surface area (Å²) in [5.74, 6) is 0.424. The lowest BCUT2D eigenvalue weighted by Gasteiger charge is -2.23. The van der Waals surface area contributed by atoms with E-state index in [9.17, 15) is 4.79 Å². The molecule has 0 radical (unpaired) electrons. The Bertz CT molecular complexity index is 798. The highest BCUT2D eigenvalue weighted by atomic mass is 16.2. The highest BCUT2D eigenvalue weighted by Gasteiger charge is 2.23. The number of nitrogens with one attached hydrogen (secondary N) is 3. The number of hydrogen-bond donors (Lipinski definition) is 3. The van der Waals surface area contributed by atoms with Crippen LogP contribution in [0.5, 0.6) is 0 Å². The molecule has 0 atom stereocenters. The lowest BCUT2D eigenvalue weighted by atomic mass is 9.96. The third-order valence-corrected chi connectivity index (χ3v) is 4.41. The van der Waals surface area contributed by atoms with Gasteiger partial charge in [0.1, 0.15) is 5.70 Å². The molecule has 3 N–H and O–H groups in total. The van der Waals surface area contributed by atoms with E-state index >= 15 is 0 Å². The molecular weight excluding hydrogens is 290 g/mol. The van der Waals surface area contributed by atoms with Crippen molar-refractivity contribution in [3.8, 4) is 0 Å². The molecule has 0 spiro atoms.